The van der Waals surface area contributed by atoms with Crippen LogP contribution < -0.4 is 11.5 Å². The van der Waals surface area contributed by atoms with E-state index in [1.54, 1.807) is 0 Å². The second-order valence-electron chi connectivity index (χ2n) is 2.97. The van der Waals surface area contributed by atoms with Crippen LogP contribution in [-0.4, -0.2) is 39.7 Å². The van der Waals surface area contributed by atoms with E-state index in [9.17, 15) is 9.90 Å². The molecule has 0 amide bonds. The number of aliphatic hydroxyl groups excluding tert-OH is 2. The molecule has 13 heavy (non-hydrogen) atoms. The first kappa shape index (κ1) is 12.3. The molecule has 6 heteroatoms. The monoisotopic (exact) mass is 192 g/mol. The number of carboxylic acid groups (broad SMARTS) is 1. The van der Waals surface area contributed by atoms with Crippen molar-refractivity contribution in [1.82, 2.24) is 0 Å². The lowest BCUT2D eigenvalue weighted by Gasteiger charge is -2.25. The third kappa shape index (κ3) is 3.69. The Morgan fingerprint density at radius 1 is 1.38 bits per heavy atom. The lowest BCUT2D eigenvalue weighted by Crippen LogP contribution is -2.64. The zero-order valence-corrected chi connectivity index (χ0v) is 7.31. The number of carbonyl (C=O) groups is 1. The summed E-state index contributed by atoms with van der Waals surface area (Å²) < 4.78 is 0. The van der Waals surface area contributed by atoms with E-state index in [-0.39, 0.29) is 13.0 Å². The summed E-state index contributed by atoms with van der Waals surface area (Å²) >= 11 is 0. The molecule has 0 aromatic rings. The summed E-state index contributed by atoms with van der Waals surface area (Å²) in [5.74, 6) is -1.44. The van der Waals surface area contributed by atoms with Crippen molar-refractivity contribution in [3.8, 4) is 0 Å². The first-order valence-electron chi connectivity index (χ1n) is 4.03. The average Bonchev–Trinajstić information content (AvgIpc) is 2.04. The lowest BCUT2D eigenvalue weighted by molar-refractivity contribution is -0.148. The molecule has 1 atom stereocenters. The van der Waals surface area contributed by atoms with E-state index in [0.717, 1.165) is 0 Å². The van der Waals surface area contributed by atoms with Crippen LogP contribution in [0.4, 0.5) is 0 Å². The van der Waals surface area contributed by atoms with E-state index in [0.29, 0.717) is 12.8 Å². The van der Waals surface area contributed by atoms with Crippen molar-refractivity contribution in [2.24, 2.45) is 11.5 Å². The zero-order valence-electron chi connectivity index (χ0n) is 7.31. The Labute approximate surface area is 76.2 Å². The standard InChI is InChI=1S/C7H16N2O4/c8-7(9,6(12)13)5(11)3-1-2-4-10/h5,10-11H,1-4,8-9H2,(H,12,13). The van der Waals surface area contributed by atoms with Gasteiger partial charge < -0.3 is 26.8 Å². The number of aliphatic hydroxyl groups is 2. The first-order chi connectivity index (χ1) is 5.92. The van der Waals surface area contributed by atoms with Crippen molar-refractivity contribution in [3.05, 3.63) is 0 Å². The highest BCUT2D eigenvalue weighted by Crippen LogP contribution is 2.08. The molecule has 0 fully saturated rings. The van der Waals surface area contributed by atoms with Gasteiger partial charge >= 0.3 is 5.97 Å². The van der Waals surface area contributed by atoms with Crippen LogP contribution in [0.1, 0.15) is 19.3 Å². The van der Waals surface area contributed by atoms with Crippen molar-refractivity contribution in [3.63, 3.8) is 0 Å². The number of nitrogens with two attached hydrogens (primary N) is 2. The quantitative estimate of drug-likeness (QED) is 0.249. The third-order valence-electron chi connectivity index (χ3n) is 1.81. The minimum atomic E-state index is -2.10. The van der Waals surface area contributed by atoms with Gasteiger partial charge in [0.05, 0.1) is 6.10 Å². The SMILES string of the molecule is NC(N)(C(=O)O)C(O)CCCCO. The summed E-state index contributed by atoms with van der Waals surface area (Å²) in [4.78, 5) is 10.4. The molecule has 0 aliphatic carbocycles. The van der Waals surface area contributed by atoms with Crippen LogP contribution in [0.15, 0.2) is 0 Å². The van der Waals surface area contributed by atoms with Gasteiger partial charge in [-0.2, -0.15) is 0 Å². The normalized spacial score (nSPS) is 14.2. The zero-order chi connectivity index (χ0) is 10.5. The molecule has 1 unspecified atom stereocenters. The Balaban J connectivity index is 3.94. The fourth-order valence-corrected chi connectivity index (χ4v) is 0.831. The number of hydrogen-bond donors (Lipinski definition) is 5. The van der Waals surface area contributed by atoms with Crippen LogP contribution in [0.2, 0.25) is 0 Å². The lowest BCUT2D eigenvalue weighted by atomic mass is 10.00. The molecular formula is C7H16N2O4. The number of unbranched alkanes of at least 4 members (excludes halogenated alkanes) is 1. The van der Waals surface area contributed by atoms with Gasteiger partial charge in [-0.25, -0.2) is 4.79 Å². The maximum absolute atomic E-state index is 10.4. The highest BCUT2D eigenvalue weighted by atomic mass is 16.4. The molecule has 0 bridgehead atoms. The Bertz CT molecular complexity index is 172. The van der Waals surface area contributed by atoms with Gasteiger partial charge in [-0.05, 0) is 19.3 Å². The minimum Gasteiger partial charge on any atom is -0.479 e. The molecular weight excluding hydrogens is 176 g/mol. The molecule has 0 saturated heterocycles. The van der Waals surface area contributed by atoms with Crippen molar-refractivity contribution >= 4 is 5.97 Å². The summed E-state index contributed by atoms with van der Waals surface area (Å²) in [5.41, 5.74) is 8.20. The molecule has 0 heterocycles. The molecule has 0 aromatic carbocycles. The second-order valence-corrected chi connectivity index (χ2v) is 2.97. The van der Waals surface area contributed by atoms with Crippen LogP contribution in [0.5, 0.6) is 0 Å². The van der Waals surface area contributed by atoms with Gasteiger partial charge in [0.1, 0.15) is 0 Å². The van der Waals surface area contributed by atoms with Crippen LogP contribution in [0.3, 0.4) is 0 Å². The van der Waals surface area contributed by atoms with Gasteiger partial charge in [0.25, 0.3) is 0 Å². The van der Waals surface area contributed by atoms with Crippen LogP contribution in [0, 0.1) is 0 Å². The smallest absolute Gasteiger partial charge is 0.341 e. The molecule has 0 aromatic heterocycles. The highest BCUT2D eigenvalue weighted by Gasteiger charge is 2.36. The molecule has 78 valence electrons. The van der Waals surface area contributed by atoms with Gasteiger partial charge in [0, 0.05) is 6.61 Å². The Morgan fingerprint density at radius 2 is 1.92 bits per heavy atom. The molecule has 0 rings (SSSR count). The predicted molar refractivity (Wildman–Crippen MR) is 45.7 cm³/mol. The summed E-state index contributed by atoms with van der Waals surface area (Å²) in [6, 6.07) is 0. The topological polar surface area (TPSA) is 130 Å². The molecule has 0 radical (unpaired) electrons. The number of rotatable bonds is 6. The summed E-state index contributed by atoms with van der Waals surface area (Å²) in [5, 5.41) is 26.2. The van der Waals surface area contributed by atoms with Crippen molar-refractivity contribution < 1.29 is 20.1 Å². The Hall–Kier alpha value is -0.690. The van der Waals surface area contributed by atoms with Gasteiger partial charge in [-0.3, -0.25) is 0 Å². The minimum absolute atomic E-state index is 0.00192. The fourth-order valence-electron chi connectivity index (χ4n) is 0.831. The molecule has 6 nitrogen and oxygen atoms in total. The van der Waals surface area contributed by atoms with Gasteiger partial charge in [-0.1, -0.05) is 0 Å². The molecule has 7 N–H and O–H groups in total. The molecule has 0 spiro atoms. The van der Waals surface area contributed by atoms with Gasteiger partial charge in [0.2, 0.25) is 0 Å². The maximum Gasteiger partial charge on any atom is 0.341 e. The number of carboxylic acids is 1. The van der Waals surface area contributed by atoms with Crippen LogP contribution in [0.25, 0.3) is 0 Å². The van der Waals surface area contributed by atoms with Crippen molar-refractivity contribution in [2.45, 2.75) is 31.0 Å². The van der Waals surface area contributed by atoms with E-state index in [2.05, 4.69) is 0 Å². The second kappa shape index (κ2) is 5.13. The molecule has 0 saturated carbocycles. The fraction of sp³-hybridized carbons (Fsp3) is 0.857. The Kier molecular flexibility index (Phi) is 4.86. The first-order valence-corrected chi connectivity index (χ1v) is 4.03. The summed E-state index contributed by atoms with van der Waals surface area (Å²) in [6.45, 7) is 0.00192. The van der Waals surface area contributed by atoms with Crippen LogP contribution >= 0.6 is 0 Å². The van der Waals surface area contributed by atoms with E-state index in [1.165, 1.54) is 0 Å². The van der Waals surface area contributed by atoms with Gasteiger partial charge in [0.15, 0.2) is 5.66 Å². The van der Waals surface area contributed by atoms with Crippen molar-refractivity contribution in [2.75, 3.05) is 6.61 Å². The highest BCUT2D eigenvalue weighted by molar-refractivity contribution is 5.78. The third-order valence-corrected chi connectivity index (χ3v) is 1.81. The number of hydrogen-bond acceptors (Lipinski definition) is 5. The number of aliphatic carboxylic acids is 1. The van der Waals surface area contributed by atoms with E-state index >= 15 is 0 Å². The molecule has 0 aliphatic heterocycles. The van der Waals surface area contributed by atoms with Gasteiger partial charge in [-0.15, -0.1) is 0 Å². The van der Waals surface area contributed by atoms with E-state index < -0.39 is 17.7 Å². The average molecular weight is 192 g/mol. The molecule has 0 aliphatic rings. The summed E-state index contributed by atoms with van der Waals surface area (Å²) in [6.07, 6.45) is -0.148. The Morgan fingerprint density at radius 3 is 2.31 bits per heavy atom. The van der Waals surface area contributed by atoms with E-state index in [1.807, 2.05) is 0 Å². The predicted octanol–water partition coefficient (Wildman–Crippen LogP) is -1.79. The van der Waals surface area contributed by atoms with Crippen molar-refractivity contribution in [1.29, 1.82) is 0 Å². The van der Waals surface area contributed by atoms with E-state index in [4.69, 9.17) is 21.7 Å². The largest absolute Gasteiger partial charge is 0.479 e. The maximum atomic E-state index is 10.4. The summed E-state index contributed by atoms with van der Waals surface area (Å²) in [7, 11) is 0. The van der Waals surface area contributed by atoms with Crippen LogP contribution in [-0.2, 0) is 4.79 Å².